The smallest absolute Gasteiger partial charge is 0.249 e. The third kappa shape index (κ3) is 4.14. The molecule has 2 saturated heterocycles. The van der Waals surface area contributed by atoms with Crippen molar-refractivity contribution in [2.75, 3.05) is 32.7 Å². The molecule has 0 N–H and O–H groups in total. The minimum Gasteiger partial charge on any atom is -0.342 e. The standard InChI is InChI=1S/C15H26F2N2O/c1-2-8-18-9-3-5-13(12-18)14(20)19-10-4-6-15(16,17)7-11-19/h13H,2-12H2,1H3. The number of alkyl halides is 2. The molecule has 2 fully saturated rings. The molecular weight excluding hydrogens is 262 g/mol. The van der Waals surface area contributed by atoms with Crippen molar-refractivity contribution in [3.8, 4) is 0 Å². The van der Waals surface area contributed by atoms with E-state index in [9.17, 15) is 13.6 Å². The van der Waals surface area contributed by atoms with Gasteiger partial charge in [-0.1, -0.05) is 6.92 Å². The lowest BCUT2D eigenvalue weighted by Gasteiger charge is -2.34. The van der Waals surface area contributed by atoms with Gasteiger partial charge in [0.2, 0.25) is 11.8 Å². The molecule has 0 saturated carbocycles. The number of amides is 1. The van der Waals surface area contributed by atoms with E-state index in [1.807, 2.05) is 0 Å². The van der Waals surface area contributed by atoms with Gasteiger partial charge in [0.15, 0.2) is 0 Å². The molecule has 2 aliphatic rings. The van der Waals surface area contributed by atoms with Crippen LogP contribution in [0.1, 0.15) is 45.4 Å². The first kappa shape index (κ1) is 15.7. The van der Waals surface area contributed by atoms with E-state index in [4.69, 9.17) is 0 Å². The summed E-state index contributed by atoms with van der Waals surface area (Å²) in [5, 5.41) is 0. The van der Waals surface area contributed by atoms with Crippen LogP contribution in [-0.2, 0) is 4.79 Å². The Morgan fingerprint density at radius 1 is 1.20 bits per heavy atom. The zero-order valence-corrected chi connectivity index (χ0v) is 12.4. The zero-order valence-electron chi connectivity index (χ0n) is 12.4. The highest BCUT2D eigenvalue weighted by molar-refractivity contribution is 5.79. The van der Waals surface area contributed by atoms with E-state index < -0.39 is 5.92 Å². The summed E-state index contributed by atoms with van der Waals surface area (Å²) in [7, 11) is 0. The van der Waals surface area contributed by atoms with E-state index in [2.05, 4.69) is 11.8 Å². The topological polar surface area (TPSA) is 23.6 Å². The van der Waals surface area contributed by atoms with Gasteiger partial charge in [0, 0.05) is 32.5 Å². The number of hydrogen-bond donors (Lipinski definition) is 0. The molecule has 1 atom stereocenters. The molecule has 0 radical (unpaired) electrons. The molecule has 5 heteroatoms. The maximum Gasteiger partial charge on any atom is 0.249 e. The van der Waals surface area contributed by atoms with Crippen LogP contribution in [0.15, 0.2) is 0 Å². The van der Waals surface area contributed by atoms with Gasteiger partial charge in [0.05, 0.1) is 5.92 Å². The molecule has 3 nitrogen and oxygen atoms in total. The number of likely N-dealkylation sites (tertiary alicyclic amines) is 2. The van der Waals surface area contributed by atoms with Crippen LogP contribution < -0.4 is 0 Å². The third-order valence-corrected chi connectivity index (χ3v) is 4.42. The zero-order chi connectivity index (χ0) is 14.6. The molecule has 0 spiro atoms. The van der Waals surface area contributed by atoms with Gasteiger partial charge < -0.3 is 9.80 Å². The lowest BCUT2D eigenvalue weighted by Crippen LogP contribution is -2.45. The lowest BCUT2D eigenvalue weighted by molar-refractivity contribution is -0.137. The Labute approximate surface area is 120 Å². The minimum absolute atomic E-state index is 0.0158. The van der Waals surface area contributed by atoms with E-state index in [0.717, 1.165) is 38.9 Å². The number of carbonyl (C=O) groups is 1. The highest BCUT2D eigenvalue weighted by Gasteiger charge is 2.35. The van der Waals surface area contributed by atoms with Gasteiger partial charge >= 0.3 is 0 Å². The molecule has 20 heavy (non-hydrogen) atoms. The monoisotopic (exact) mass is 288 g/mol. The Kier molecular flexibility index (Phi) is 5.35. The van der Waals surface area contributed by atoms with Gasteiger partial charge in [0.1, 0.15) is 0 Å². The Balaban J connectivity index is 1.89. The number of hydrogen-bond acceptors (Lipinski definition) is 2. The summed E-state index contributed by atoms with van der Waals surface area (Å²) < 4.78 is 26.7. The summed E-state index contributed by atoms with van der Waals surface area (Å²) in [4.78, 5) is 16.5. The second-order valence-corrected chi connectivity index (χ2v) is 6.17. The maximum atomic E-state index is 13.4. The first-order valence-corrected chi connectivity index (χ1v) is 7.91. The highest BCUT2D eigenvalue weighted by atomic mass is 19.3. The minimum atomic E-state index is -2.59. The Morgan fingerprint density at radius 2 is 2.00 bits per heavy atom. The Morgan fingerprint density at radius 3 is 2.75 bits per heavy atom. The fourth-order valence-corrected chi connectivity index (χ4v) is 3.32. The molecular formula is C15H26F2N2O. The van der Waals surface area contributed by atoms with Gasteiger partial charge in [-0.15, -0.1) is 0 Å². The van der Waals surface area contributed by atoms with Crippen LogP contribution in [0.5, 0.6) is 0 Å². The van der Waals surface area contributed by atoms with Crippen molar-refractivity contribution in [2.24, 2.45) is 5.92 Å². The van der Waals surface area contributed by atoms with Crippen molar-refractivity contribution in [3.05, 3.63) is 0 Å². The summed E-state index contributed by atoms with van der Waals surface area (Å²) >= 11 is 0. The summed E-state index contributed by atoms with van der Waals surface area (Å²) in [6.07, 6.45) is 3.21. The Bertz CT molecular complexity index is 334. The van der Waals surface area contributed by atoms with Crippen molar-refractivity contribution in [1.29, 1.82) is 0 Å². The maximum absolute atomic E-state index is 13.4. The van der Waals surface area contributed by atoms with Gasteiger partial charge in [0.25, 0.3) is 0 Å². The van der Waals surface area contributed by atoms with Crippen LogP contribution in [0.4, 0.5) is 8.78 Å². The summed E-state index contributed by atoms with van der Waals surface area (Å²) in [6, 6.07) is 0. The van der Waals surface area contributed by atoms with E-state index in [1.54, 1.807) is 4.90 Å². The van der Waals surface area contributed by atoms with Crippen molar-refractivity contribution in [2.45, 2.75) is 51.4 Å². The molecule has 0 aromatic rings. The summed E-state index contributed by atoms with van der Waals surface area (Å²) in [5.41, 5.74) is 0. The number of piperidine rings is 1. The Hall–Kier alpha value is -0.710. The van der Waals surface area contributed by atoms with Crippen molar-refractivity contribution in [1.82, 2.24) is 9.80 Å². The van der Waals surface area contributed by atoms with Gasteiger partial charge in [-0.3, -0.25) is 4.79 Å². The van der Waals surface area contributed by atoms with Crippen LogP contribution in [0.3, 0.4) is 0 Å². The molecule has 2 rings (SSSR count). The first-order valence-electron chi connectivity index (χ1n) is 7.91. The molecule has 2 aliphatic heterocycles. The molecule has 1 unspecified atom stereocenters. The van der Waals surface area contributed by atoms with Crippen molar-refractivity contribution < 1.29 is 13.6 Å². The van der Waals surface area contributed by atoms with Crippen LogP contribution in [0, 0.1) is 5.92 Å². The molecule has 0 aromatic carbocycles. The summed E-state index contributed by atoms with van der Waals surface area (Å²) in [6.45, 7) is 5.76. The molecule has 0 aromatic heterocycles. The normalized spacial score (nSPS) is 28.1. The van der Waals surface area contributed by atoms with Crippen LogP contribution in [0.2, 0.25) is 0 Å². The van der Waals surface area contributed by atoms with Crippen LogP contribution in [-0.4, -0.2) is 54.4 Å². The van der Waals surface area contributed by atoms with Crippen LogP contribution >= 0.6 is 0 Å². The number of carbonyl (C=O) groups excluding carboxylic acids is 1. The molecule has 0 bridgehead atoms. The summed E-state index contributed by atoms with van der Waals surface area (Å²) in [5.74, 6) is -2.47. The molecule has 1 amide bonds. The average molecular weight is 288 g/mol. The second-order valence-electron chi connectivity index (χ2n) is 6.17. The quantitative estimate of drug-likeness (QED) is 0.797. The third-order valence-electron chi connectivity index (χ3n) is 4.42. The van der Waals surface area contributed by atoms with E-state index >= 15 is 0 Å². The van der Waals surface area contributed by atoms with Crippen molar-refractivity contribution in [3.63, 3.8) is 0 Å². The number of rotatable bonds is 3. The second kappa shape index (κ2) is 6.83. The van der Waals surface area contributed by atoms with E-state index in [0.29, 0.717) is 13.0 Å². The van der Waals surface area contributed by atoms with Crippen LogP contribution in [0.25, 0.3) is 0 Å². The lowest BCUT2D eigenvalue weighted by atomic mass is 9.96. The number of nitrogens with zero attached hydrogens (tertiary/aromatic N) is 2. The predicted octanol–water partition coefficient (Wildman–Crippen LogP) is 2.76. The van der Waals surface area contributed by atoms with Gasteiger partial charge in [-0.2, -0.15) is 0 Å². The van der Waals surface area contributed by atoms with E-state index in [1.165, 1.54) is 0 Å². The largest absolute Gasteiger partial charge is 0.342 e. The fourth-order valence-electron chi connectivity index (χ4n) is 3.32. The molecule has 0 aliphatic carbocycles. The highest BCUT2D eigenvalue weighted by Crippen LogP contribution is 2.29. The average Bonchev–Trinajstić information content (AvgIpc) is 2.60. The first-order chi connectivity index (χ1) is 9.52. The van der Waals surface area contributed by atoms with Crippen molar-refractivity contribution >= 4 is 5.91 Å². The molecule has 2 heterocycles. The fraction of sp³-hybridized carbons (Fsp3) is 0.933. The number of halogens is 2. The SMILES string of the molecule is CCCN1CCCC(C(=O)N2CCCC(F)(F)CC2)C1. The van der Waals surface area contributed by atoms with E-state index in [-0.39, 0.29) is 31.2 Å². The molecule has 116 valence electrons. The van der Waals surface area contributed by atoms with Gasteiger partial charge in [-0.05, 0) is 38.8 Å². The van der Waals surface area contributed by atoms with Gasteiger partial charge in [-0.25, -0.2) is 8.78 Å². The predicted molar refractivity (Wildman–Crippen MR) is 74.8 cm³/mol.